The van der Waals surface area contributed by atoms with Crippen LogP contribution in [0.1, 0.15) is 38.2 Å². The fourth-order valence-corrected chi connectivity index (χ4v) is 1.79. The number of hydrogen-bond acceptors (Lipinski definition) is 1. The van der Waals surface area contributed by atoms with E-state index >= 15 is 0 Å². The predicted molar refractivity (Wildman–Crippen MR) is 61.9 cm³/mol. The number of hydrogen-bond donors (Lipinski definition) is 0. The first-order valence-corrected chi connectivity index (χ1v) is 5.92. The number of halogens is 1. The standard InChI is InChI=1S/C12H15BrO/c1-8(2)11-6-3-9(13)7-12(11)14-10-4-5-10/h3,6-8,10H,4-5H2,1-2H3. The molecule has 0 atom stereocenters. The summed E-state index contributed by atoms with van der Waals surface area (Å²) in [6, 6.07) is 6.30. The molecule has 0 spiro atoms. The van der Waals surface area contributed by atoms with Crippen molar-refractivity contribution in [3.8, 4) is 5.75 Å². The minimum atomic E-state index is 0.474. The molecule has 0 unspecified atom stereocenters. The van der Waals surface area contributed by atoms with Crippen molar-refractivity contribution in [1.29, 1.82) is 0 Å². The fourth-order valence-electron chi connectivity index (χ4n) is 1.45. The summed E-state index contributed by atoms with van der Waals surface area (Å²) in [5.41, 5.74) is 1.31. The highest BCUT2D eigenvalue weighted by Gasteiger charge is 2.24. The summed E-state index contributed by atoms with van der Waals surface area (Å²) in [7, 11) is 0. The third-order valence-electron chi connectivity index (χ3n) is 2.42. The lowest BCUT2D eigenvalue weighted by atomic mass is 10.0. The monoisotopic (exact) mass is 254 g/mol. The Hall–Kier alpha value is -0.500. The second-order valence-electron chi connectivity index (χ2n) is 4.15. The molecule has 14 heavy (non-hydrogen) atoms. The highest BCUT2D eigenvalue weighted by molar-refractivity contribution is 9.10. The zero-order valence-corrected chi connectivity index (χ0v) is 10.2. The summed E-state index contributed by atoms with van der Waals surface area (Å²) in [4.78, 5) is 0. The van der Waals surface area contributed by atoms with Crippen LogP contribution in [0.4, 0.5) is 0 Å². The first kappa shape index (κ1) is 10.0. The fraction of sp³-hybridized carbons (Fsp3) is 0.500. The van der Waals surface area contributed by atoms with Crippen LogP contribution in [-0.4, -0.2) is 6.10 Å². The Balaban J connectivity index is 2.27. The van der Waals surface area contributed by atoms with Gasteiger partial charge in [-0.2, -0.15) is 0 Å². The molecule has 0 N–H and O–H groups in total. The highest BCUT2D eigenvalue weighted by atomic mass is 79.9. The van der Waals surface area contributed by atoms with Crippen LogP contribution < -0.4 is 4.74 Å². The number of ether oxygens (including phenoxy) is 1. The Morgan fingerprint density at radius 3 is 2.64 bits per heavy atom. The molecule has 0 amide bonds. The van der Waals surface area contributed by atoms with E-state index in [1.165, 1.54) is 18.4 Å². The van der Waals surface area contributed by atoms with Gasteiger partial charge in [0.25, 0.3) is 0 Å². The Morgan fingerprint density at radius 2 is 2.07 bits per heavy atom. The first-order valence-electron chi connectivity index (χ1n) is 5.13. The molecule has 0 bridgehead atoms. The molecule has 0 radical (unpaired) electrons. The van der Waals surface area contributed by atoms with Gasteiger partial charge in [-0.3, -0.25) is 0 Å². The molecule has 1 aromatic carbocycles. The van der Waals surface area contributed by atoms with Crippen LogP contribution in [0.5, 0.6) is 5.75 Å². The highest BCUT2D eigenvalue weighted by Crippen LogP contribution is 2.34. The van der Waals surface area contributed by atoms with Crippen molar-refractivity contribution in [3.05, 3.63) is 28.2 Å². The van der Waals surface area contributed by atoms with E-state index < -0.39 is 0 Å². The Labute approximate surface area is 93.6 Å². The first-order chi connectivity index (χ1) is 6.66. The van der Waals surface area contributed by atoms with Crippen LogP contribution in [0.15, 0.2) is 22.7 Å². The number of rotatable bonds is 3. The summed E-state index contributed by atoms with van der Waals surface area (Å²) in [5, 5.41) is 0. The van der Waals surface area contributed by atoms with E-state index in [4.69, 9.17) is 4.74 Å². The third kappa shape index (κ3) is 2.30. The van der Waals surface area contributed by atoms with Crippen molar-refractivity contribution in [3.63, 3.8) is 0 Å². The van der Waals surface area contributed by atoms with E-state index in [1.54, 1.807) is 0 Å². The molecule has 2 heteroatoms. The quantitative estimate of drug-likeness (QED) is 0.789. The van der Waals surface area contributed by atoms with Gasteiger partial charge in [0.05, 0.1) is 6.10 Å². The van der Waals surface area contributed by atoms with E-state index in [0.29, 0.717) is 12.0 Å². The van der Waals surface area contributed by atoms with Gasteiger partial charge < -0.3 is 4.74 Å². The Morgan fingerprint density at radius 1 is 1.36 bits per heavy atom. The Kier molecular flexibility index (Phi) is 2.82. The summed E-state index contributed by atoms with van der Waals surface area (Å²) >= 11 is 3.48. The van der Waals surface area contributed by atoms with Crippen molar-refractivity contribution >= 4 is 15.9 Å². The molecule has 76 valence electrons. The van der Waals surface area contributed by atoms with Crippen molar-refractivity contribution in [2.45, 2.75) is 38.7 Å². The summed E-state index contributed by atoms with van der Waals surface area (Å²) in [6.45, 7) is 4.39. The molecule has 0 saturated heterocycles. The van der Waals surface area contributed by atoms with Crippen molar-refractivity contribution in [2.75, 3.05) is 0 Å². The van der Waals surface area contributed by atoms with Gasteiger partial charge in [0.15, 0.2) is 0 Å². The maximum Gasteiger partial charge on any atom is 0.124 e. The molecule has 0 heterocycles. The van der Waals surface area contributed by atoms with E-state index in [2.05, 4.69) is 48.0 Å². The average Bonchev–Trinajstić information content (AvgIpc) is 2.87. The molecule has 1 aliphatic rings. The van der Waals surface area contributed by atoms with Gasteiger partial charge >= 0.3 is 0 Å². The van der Waals surface area contributed by atoms with Crippen LogP contribution in [0.3, 0.4) is 0 Å². The molecule has 2 rings (SSSR count). The maximum atomic E-state index is 5.87. The largest absolute Gasteiger partial charge is 0.490 e. The average molecular weight is 255 g/mol. The smallest absolute Gasteiger partial charge is 0.124 e. The molecule has 1 aliphatic carbocycles. The van der Waals surface area contributed by atoms with Crippen molar-refractivity contribution < 1.29 is 4.74 Å². The SMILES string of the molecule is CC(C)c1ccc(Br)cc1OC1CC1. The normalized spacial score (nSPS) is 16.0. The minimum absolute atomic E-state index is 0.474. The minimum Gasteiger partial charge on any atom is -0.490 e. The third-order valence-corrected chi connectivity index (χ3v) is 2.91. The lowest BCUT2D eigenvalue weighted by molar-refractivity contribution is 0.298. The van der Waals surface area contributed by atoms with Gasteiger partial charge in [0.1, 0.15) is 5.75 Å². The zero-order chi connectivity index (χ0) is 10.1. The molecular weight excluding hydrogens is 240 g/mol. The van der Waals surface area contributed by atoms with E-state index in [9.17, 15) is 0 Å². The summed E-state index contributed by atoms with van der Waals surface area (Å²) in [6.07, 6.45) is 2.90. The predicted octanol–water partition coefficient (Wildman–Crippen LogP) is 4.11. The summed E-state index contributed by atoms with van der Waals surface area (Å²) < 4.78 is 6.96. The van der Waals surface area contributed by atoms with Crippen LogP contribution >= 0.6 is 15.9 Å². The number of benzene rings is 1. The zero-order valence-electron chi connectivity index (χ0n) is 8.59. The van der Waals surface area contributed by atoms with Gasteiger partial charge in [-0.05, 0) is 36.5 Å². The molecule has 1 nitrogen and oxygen atoms in total. The molecule has 0 aromatic heterocycles. The molecular formula is C12H15BrO. The van der Waals surface area contributed by atoms with E-state index in [0.717, 1.165) is 10.2 Å². The van der Waals surface area contributed by atoms with Crippen LogP contribution in [0.2, 0.25) is 0 Å². The molecule has 1 saturated carbocycles. The van der Waals surface area contributed by atoms with Crippen LogP contribution in [0.25, 0.3) is 0 Å². The summed E-state index contributed by atoms with van der Waals surface area (Å²) in [5.74, 6) is 1.58. The van der Waals surface area contributed by atoms with E-state index in [-0.39, 0.29) is 0 Å². The lowest BCUT2D eigenvalue weighted by Gasteiger charge is -2.13. The van der Waals surface area contributed by atoms with Crippen LogP contribution in [-0.2, 0) is 0 Å². The topological polar surface area (TPSA) is 9.23 Å². The Bertz CT molecular complexity index is 329. The van der Waals surface area contributed by atoms with Gasteiger partial charge in [-0.1, -0.05) is 35.8 Å². The van der Waals surface area contributed by atoms with Gasteiger partial charge in [0, 0.05) is 4.47 Å². The van der Waals surface area contributed by atoms with Gasteiger partial charge in [-0.15, -0.1) is 0 Å². The van der Waals surface area contributed by atoms with E-state index in [1.807, 2.05) is 0 Å². The van der Waals surface area contributed by atoms with Gasteiger partial charge in [-0.25, -0.2) is 0 Å². The lowest BCUT2D eigenvalue weighted by Crippen LogP contribution is -2.00. The van der Waals surface area contributed by atoms with Crippen LogP contribution in [0, 0.1) is 0 Å². The second-order valence-corrected chi connectivity index (χ2v) is 5.07. The molecule has 1 fully saturated rings. The van der Waals surface area contributed by atoms with Gasteiger partial charge in [0.2, 0.25) is 0 Å². The van der Waals surface area contributed by atoms with Crippen molar-refractivity contribution in [2.24, 2.45) is 0 Å². The molecule has 0 aliphatic heterocycles. The van der Waals surface area contributed by atoms with Crippen molar-refractivity contribution in [1.82, 2.24) is 0 Å². The second kappa shape index (κ2) is 3.93. The maximum absolute atomic E-state index is 5.87. The molecule has 1 aromatic rings.